The molecule has 1 amide bonds. The highest BCUT2D eigenvalue weighted by atomic mass is 32.1. The summed E-state index contributed by atoms with van der Waals surface area (Å²) in [6, 6.07) is 8.16. The van der Waals surface area contributed by atoms with Crippen LogP contribution in [0.2, 0.25) is 0 Å². The summed E-state index contributed by atoms with van der Waals surface area (Å²) >= 11 is 1.53. The molecule has 0 spiro atoms. The largest absolute Gasteiger partial charge is 0.486 e. The van der Waals surface area contributed by atoms with E-state index < -0.39 is 0 Å². The van der Waals surface area contributed by atoms with Gasteiger partial charge in [-0.05, 0) is 44.4 Å². The minimum Gasteiger partial charge on any atom is -0.486 e. The van der Waals surface area contributed by atoms with Crippen LogP contribution < -0.4 is 15.8 Å². The molecule has 6 heteroatoms. The molecule has 2 unspecified atom stereocenters. The first kappa shape index (κ1) is 18.9. The lowest BCUT2D eigenvalue weighted by atomic mass is 9.84. The molecular formula is C20H27N3O2S. The number of ether oxygens (including phenoxy) is 1. The maximum absolute atomic E-state index is 12.3. The Morgan fingerprint density at radius 2 is 2.08 bits per heavy atom. The van der Waals surface area contributed by atoms with E-state index in [9.17, 15) is 4.79 Å². The van der Waals surface area contributed by atoms with Gasteiger partial charge >= 0.3 is 0 Å². The summed E-state index contributed by atoms with van der Waals surface area (Å²) in [5, 5.41) is 5.97. The Morgan fingerprint density at radius 3 is 2.85 bits per heavy atom. The molecule has 5 nitrogen and oxygen atoms in total. The maximum atomic E-state index is 12.3. The van der Waals surface area contributed by atoms with Crippen molar-refractivity contribution in [1.29, 1.82) is 0 Å². The van der Waals surface area contributed by atoms with E-state index in [1.54, 1.807) is 0 Å². The van der Waals surface area contributed by atoms with Crippen LogP contribution in [0, 0.1) is 12.8 Å². The Morgan fingerprint density at radius 1 is 1.31 bits per heavy atom. The van der Waals surface area contributed by atoms with E-state index in [-0.39, 0.29) is 11.9 Å². The second-order valence-electron chi connectivity index (χ2n) is 6.97. The molecule has 3 rings (SSSR count). The summed E-state index contributed by atoms with van der Waals surface area (Å²) in [4.78, 5) is 16.9. The summed E-state index contributed by atoms with van der Waals surface area (Å²) in [6.45, 7) is 3.11. The van der Waals surface area contributed by atoms with Crippen molar-refractivity contribution in [3.8, 4) is 5.75 Å². The molecule has 3 N–H and O–H groups in total. The summed E-state index contributed by atoms with van der Waals surface area (Å²) in [5.74, 6) is 1.27. The Balaban J connectivity index is 1.48. The molecule has 1 heterocycles. The highest BCUT2D eigenvalue weighted by Crippen LogP contribution is 2.23. The number of rotatable bonds is 7. The molecule has 1 aliphatic rings. The molecule has 0 bridgehead atoms. The topological polar surface area (TPSA) is 77.2 Å². The Kier molecular flexibility index (Phi) is 6.63. The van der Waals surface area contributed by atoms with E-state index in [4.69, 9.17) is 10.5 Å². The van der Waals surface area contributed by atoms with Gasteiger partial charge in [-0.15, -0.1) is 11.3 Å². The van der Waals surface area contributed by atoms with Crippen LogP contribution in [0.4, 0.5) is 0 Å². The van der Waals surface area contributed by atoms with Crippen LogP contribution in [0.3, 0.4) is 0 Å². The fourth-order valence-corrected chi connectivity index (χ4v) is 4.08. The number of carbonyl (C=O) groups excluding carboxylic acids is 1. The molecule has 0 saturated heterocycles. The number of aryl methyl sites for hydroxylation is 1. The number of hydrogen-bond acceptors (Lipinski definition) is 5. The third-order valence-corrected chi connectivity index (χ3v) is 5.75. The van der Waals surface area contributed by atoms with Crippen LogP contribution in [0.15, 0.2) is 29.6 Å². The number of benzene rings is 1. The Bertz CT molecular complexity index is 714. The van der Waals surface area contributed by atoms with Crippen molar-refractivity contribution in [3.05, 3.63) is 45.9 Å². The first-order valence-electron chi connectivity index (χ1n) is 9.26. The van der Waals surface area contributed by atoms with Crippen LogP contribution >= 0.6 is 11.3 Å². The SMILES string of the molecule is Cc1ccc(OCc2nc(CC(=O)NC3CCCCC3CN)cs2)cc1. The van der Waals surface area contributed by atoms with Crippen molar-refractivity contribution in [3.63, 3.8) is 0 Å². The maximum Gasteiger partial charge on any atom is 0.226 e. The minimum absolute atomic E-state index is 0.0339. The number of hydrogen-bond donors (Lipinski definition) is 2. The van der Waals surface area contributed by atoms with E-state index in [1.165, 1.54) is 29.7 Å². The van der Waals surface area contributed by atoms with Gasteiger partial charge in [-0.3, -0.25) is 4.79 Å². The van der Waals surface area contributed by atoms with Gasteiger partial charge in [0.1, 0.15) is 17.4 Å². The van der Waals surface area contributed by atoms with Crippen molar-refractivity contribution >= 4 is 17.2 Å². The predicted molar refractivity (Wildman–Crippen MR) is 104 cm³/mol. The van der Waals surface area contributed by atoms with Gasteiger partial charge < -0.3 is 15.8 Å². The summed E-state index contributed by atoms with van der Waals surface area (Å²) in [6.07, 6.45) is 4.83. The smallest absolute Gasteiger partial charge is 0.226 e. The normalized spacial score (nSPS) is 19.9. The van der Waals surface area contributed by atoms with Gasteiger partial charge in [0.15, 0.2) is 0 Å². The van der Waals surface area contributed by atoms with Crippen LogP contribution in [0.1, 0.15) is 41.9 Å². The van der Waals surface area contributed by atoms with Crippen molar-refractivity contribution in [2.45, 2.75) is 51.7 Å². The highest BCUT2D eigenvalue weighted by Gasteiger charge is 2.25. The van der Waals surface area contributed by atoms with Gasteiger partial charge in [0, 0.05) is 11.4 Å². The van der Waals surface area contributed by atoms with E-state index in [2.05, 4.69) is 10.3 Å². The molecule has 1 saturated carbocycles. The molecule has 1 aromatic heterocycles. The van der Waals surface area contributed by atoms with Crippen LogP contribution in [-0.4, -0.2) is 23.5 Å². The van der Waals surface area contributed by atoms with E-state index in [1.807, 2.05) is 36.6 Å². The fraction of sp³-hybridized carbons (Fsp3) is 0.500. The fourth-order valence-electron chi connectivity index (χ4n) is 3.38. The van der Waals surface area contributed by atoms with Gasteiger partial charge in [-0.2, -0.15) is 0 Å². The second kappa shape index (κ2) is 9.14. The lowest BCUT2D eigenvalue weighted by Crippen LogP contribution is -2.45. The second-order valence-corrected chi connectivity index (χ2v) is 7.91. The average Bonchev–Trinajstić information content (AvgIpc) is 3.09. The lowest BCUT2D eigenvalue weighted by Gasteiger charge is -2.31. The molecular weight excluding hydrogens is 346 g/mol. The van der Waals surface area contributed by atoms with Crippen LogP contribution in [-0.2, 0) is 17.8 Å². The number of nitrogens with two attached hydrogens (primary N) is 1. The van der Waals surface area contributed by atoms with E-state index >= 15 is 0 Å². The van der Waals surface area contributed by atoms with Crippen molar-refractivity contribution in [1.82, 2.24) is 10.3 Å². The molecule has 2 atom stereocenters. The van der Waals surface area contributed by atoms with Gasteiger partial charge in [0.05, 0.1) is 12.1 Å². The zero-order valence-electron chi connectivity index (χ0n) is 15.2. The van der Waals surface area contributed by atoms with Crippen molar-refractivity contribution in [2.75, 3.05) is 6.54 Å². The highest BCUT2D eigenvalue weighted by molar-refractivity contribution is 7.09. The first-order valence-corrected chi connectivity index (χ1v) is 10.1. The van der Waals surface area contributed by atoms with Gasteiger partial charge in [-0.1, -0.05) is 30.5 Å². The van der Waals surface area contributed by atoms with E-state index in [0.717, 1.165) is 29.3 Å². The minimum atomic E-state index is 0.0339. The Labute approximate surface area is 159 Å². The molecule has 1 aliphatic carbocycles. The number of nitrogens with one attached hydrogen (secondary N) is 1. The van der Waals surface area contributed by atoms with Crippen molar-refractivity contribution in [2.24, 2.45) is 11.7 Å². The lowest BCUT2D eigenvalue weighted by molar-refractivity contribution is -0.121. The molecule has 1 aromatic carbocycles. The number of aromatic nitrogens is 1. The third kappa shape index (κ3) is 5.29. The van der Waals surface area contributed by atoms with Gasteiger partial charge in [0.25, 0.3) is 0 Å². The average molecular weight is 374 g/mol. The Hall–Kier alpha value is -1.92. The molecule has 0 aliphatic heterocycles. The van der Waals surface area contributed by atoms with Crippen LogP contribution in [0.25, 0.3) is 0 Å². The number of nitrogens with zero attached hydrogens (tertiary/aromatic N) is 1. The third-order valence-electron chi connectivity index (χ3n) is 4.88. The molecule has 26 heavy (non-hydrogen) atoms. The van der Waals surface area contributed by atoms with E-state index in [0.29, 0.717) is 25.5 Å². The van der Waals surface area contributed by atoms with Gasteiger partial charge in [0.2, 0.25) is 5.91 Å². The summed E-state index contributed by atoms with van der Waals surface area (Å²) in [7, 11) is 0. The quantitative estimate of drug-likeness (QED) is 0.781. The molecule has 1 fully saturated rings. The molecule has 0 radical (unpaired) electrons. The van der Waals surface area contributed by atoms with Crippen molar-refractivity contribution < 1.29 is 9.53 Å². The molecule has 2 aromatic rings. The molecule has 140 valence electrons. The summed E-state index contributed by atoms with van der Waals surface area (Å²) < 4.78 is 5.75. The number of amides is 1. The van der Waals surface area contributed by atoms with Gasteiger partial charge in [-0.25, -0.2) is 4.98 Å². The zero-order chi connectivity index (χ0) is 18.4. The standard InChI is InChI=1S/C20H27N3O2S/c1-14-6-8-17(9-7-14)25-12-20-22-16(13-26-20)10-19(24)23-18-5-3-2-4-15(18)11-21/h6-9,13,15,18H,2-5,10-12,21H2,1H3,(H,23,24). The number of thiazole rings is 1. The summed E-state index contributed by atoms with van der Waals surface area (Å²) in [5.41, 5.74) is 7.84. The first-order chi connectivity index (χ1) is 12.6. The predicted octanol–water partition coefficient (Wildman–Crippen LogP) is 3.21. The number of carbonyl (C=O) groups is 1. The van der Waals surface area contributed by atoms with Crippen LogP contribution in [0.5, 0.6) is 5.75 Å². The zero-order valence-corrected chi connectivity index (χ0v) is 16.1. The monoisotopic (exact) mass is 373 g/mol.